The van der Waals surface area contributed by atoms with Crippen LogP contribution >= 0.6 is 22.9 Å². The van der Waals surface area contributed by atoms with Crippen LogP contribution in [0.3, 0.4) is 0 Å². The maximum absolute atomic E-state index is 13.3. The van der Waals surface area contributed by atoms with Crippen LogP contribution in [0.4, 0.5) is 11.4 Å². The fourth-order valence-corrected chi connectivity index (χ4v) is 4.89. The van der Waals surface area contributed by atoms with Gasteiger partial charge >= 0.3 is 0 Å². The predicted molar refractivity (Wildman–Crippen MR) is 128 cm³/mol. The number of nitrogens with zero attached hydrogens (tertiary/aromatic N) is 4. The van der Waals surface area contributed by atoms with E-state index in [4.69, 9.17) is 16.6 Å². The molecule has 4 heterocycles. The fourth-order valence-electron chi connectivity index (χ4n) is 3.92. The van der Waals surface area contributed by atoms with E-state index in [1.807, 2.05) is 24.4 Å². The highest BCUT2D eigenvalue weighted by Crippen LogP contribution is 2.33. The predicted octanol–water partition coefficient (Wildman–Crippen LogP) is 5.21. The average Bonchev–Trinajstić information content (AvgIpc) is 3.54. The lowest BCUT2D eigenvalue weighted by Gasteiger charge is -2.18. The van der Waals surface area contributed by atoms with E-state index in [9.17, 15) is 9.59 Å². The number of hydrogen-bond acceptors (Lipinski definition) is 5. The molecule has 0 unspecified atom stereocenters. The van der Waals surface area contributed by atoms with Crippen LogP contribution in [0.1, 0.15) is 30.1 Å². The molecule has 0 radical (unpaired) electrons. The summed E-state index contributed by atoms with van der Waals surface area (Å²) in [7, 11) is 0. The molecule has 32 heavy (non-hydrogen) atoms. The number of aromatic nitrogens is 3. The summed E-state index contributed by atoms with van der Waals surface area (Å²) in [6, 6.07) is 10.9. The monoisotopic (exact) mass is 465 g/mol. The lowest BCUT2D eigenvalue weighted by atomic mass is 10.1. The fraction of sp³-hybridized carbons (Fsp3) is 0.217. The number of aryl methyl sites for hydroxylation is 1. The number of rotatable bonds is 5. The molecule has 0 bridgehead atoms. The summed E-state index contributed by atoms with van der Waals surface area (Å²) in [5.74, 6) is -0.205. The Balaban J connectivity index is 1.49. The van der Waals surface area contributed by atoms with Gasteiger partial charge in [0.05, 0.1) is 38.4 Å². The summed E-state index contributed by atoms with van der Waals surface area (Å²) in [4.78, 5) is 32.7. The number of fused-ring (bicyclic) bond motifs is 1. The third-order valence-electron chi connectivity index (χ3n) is 5.50. The molecule has 0 atom stereocenters. The summed E-state index contributed by atoms with van der Waals surface area (Å²) >= 11 is 8.01. The van der Waals surface area contributed by atoms with Gasteiger partial charge in [0.25, 0.3) is 5.91 Å². The minimum absolute atomic E-state index is 0.0666. The minimum Gasteiger partial charge on any atom is -0.322 e. The molecule has 9 heteroatoms. The van der Waals surface area contributed by atoms with Crippen molar-refractivity contribution in [3.05, 3.63) is 58.6 Å². The Bertz CT molecular complexity index is 1330. The molecular weight excluding hydrogens is 446 g/mol. The van der Waals surface area contributed by atoms with Crippen molar-refractivity contribution in [2.45, 2.75) is 26.3 Å². The van der Waals surface area contributed by atoms with Crippen molar-refractivity contribution in [1.29, 1.82) is 0 Å². The summed E-state index contributed by atoms with van der Waals surface area (Å²) in [5, 5.41) is 10.4. The number of carbonyl (C=O) groups excluding carboxylic acids is 2. The Hall–Kier alpha value is -3.23. The second kappa shape index (κ2) is 8.37. The molecule has 0 saturated carbocycles. The van der Waals surface area contributed by atoms with Crippen LogP contribution in [-0.4, -0.2) is 33.1 Å². The van der Waals surface area contributed by atoms with Crippen LogP contribution in [0, 0.1) is 0 Å². The van der Waals surface area contributed by atoms with Crippen molar-refractivity contribution >= 4 is 57.2 Å². The molecule has 7 nitrogen and oxygen atoms in total. The molecule has 5 rings (SSSR count). The van der Waals surface area contributed by atoms with Gasteiger partial charge in [-0.3, -0.25) is 9.59 Å². The topological polar surface area (TPSA) is 80.1 Å². The van der Waals surface area contributed by atoms with Gasteiger partial charge in [-0.15, -0.1) is 11.3 Å². The highest BCUT2D eigenvalue weighted by molar-refractivity contribution is 7.13. The normalized spacial score (nSPS) is 13.8. The van der Waals surface area contributed by atoms with Crippen molar-refractivity contribution in [2.24, 2.45) is 0 Å². The largest absolute Gasteiger partial charge is 0.322 e. The summed E-state index contributed by atoms with van der Waals surface area (Å²) in [5.41, 5.74) is 3.12. The number of nitrogens with one attached hydrogen (secondary N) is 1. The molecular formula is C23H20ClN5O2S. The van der Waals surface area contributed by atoms with Crippen LogP contribution in [0.15, 0.2) is 48.0 Å². The van der Waals surface area contributed by atoms with E-state index in [-0.39, 0.29) is 11.8 Å². The van der Waals surface area contributed by atoms with Crippen LogP contribution < -0.4 is 10.2 Å². The Kier molecular flexibility index (Phi) is 5.40. The van der Waals surface area contributed by atoms with Gasteiger partial charge in [-0.1, -0.05) is 17.7 Å². The van der Waals surface area contributed by atoms with Gasteiger partial charge in [0, 0.05) is 25.2 Å². The van der Waals surface area contributed by atoms with Crippen LogP contribution in [0.2, 0.25) is 5.02 Å². The number of amides is 2. The zero-order valence-corrected chi connectivity index (χ0v) is 18.9. The van der Waals surface area contributed by atoms with Gasteiger partial charge in [0.1, 0.15) is 0 Å². The number of hydrogen-bond donors (Lipinski definition) is 1. The first-order valence-corrected chi connectivity index (χ1v) is 11.6. The highest BCUT2D eigenvalue weighted by atomic mass is 35.5. The summed E-state index contributed by atoms with van der Waals surface area (Å²) in [6.07, 6.45) is 3.03. The van der Waals surface area contributed by atoms with Gasteiger partial charge in [-0.05, 0) is 49.1 Å². The average molecular weight is 466 g/mol. The zero-order valence-electron chi connectivity index (χ0n) is 17.3. The Morgan fingerprint density at radius 2 is 2.16 bits per heavy atom. The number of benzene rings is 1. The molecule has 0 aliphatic carbocycles. The molecule has 0 spiro atoms. The van der Waals surface area contributed by atoms with E-state index >= 15 is 0 Å². The van der Waals surface area contributed by atoms with E-state index in [0.717, 1.165) is 17.0 Å². The first kappa shape index (κ1) is 20.7. The molecule has 1 aliphatic rings. The van der Waals surface area contributed by atoms with Gasteiger partial charge in [-0.2, -0.15) is 5.10 Å². The number of pyridine rings is 1. The molecule has 1 aliphatic heterocycles. The maximum Gasteiger partial charge on any atom is 0.256 e. The van der Waals surface area contributed by atoms with Crippen molar-refractivity contribution in [3.63, 3.8) is 0 Å². The lowest BCUT2D eigenvalue weighted by Crippen LogP contribution is -2.24. The van der Waals surface area contributed by atoms with E-state index in [0.29, 0.717) is 52.5 Å². The van der Waals surface area contributed by atoms with Gasteiger partial charge < -0.3 is 10.2 Å². The van der Waals surface area contributed by atoms with Crippen molar-refractivity contribution in [2.75, 3.05) is 16.8 Å². The first-order valence-electron chi connectivity index (χ1n) is 10.4. The summed E-state index contributed by atoms with van der Waals surface area (Å²) < 4.78 is 1.78. The van der Waals surface area contributed by atoms with E-state index in [2.05, 4.69) is 10.4 Å². The minimum atomic E-state index is -0.271. The van der Waals surface area contributed by atoms with Crippen LogP contribution in [-0.2, 0) is 11.3 Å². The molecule has 1 fully saturated rings. The van der Waals surface area contributed by atoms with Gasteiger partial charge in [0.15, 0.2) is 5.65 Å². The summed E-state index contributed by atoms with van der Waals surface area (Å²) in [6.45, 7) is 3.30. The quantitative estimate of drug-likeness (QED) is 0.438. The number of thiophene rings is 1. The first-order chi connectivity index (χ1) is 15.5. The van der Waals surface area contributed by atoms with Crippen LogP contribution in [0.25, 0.3) is 21.6 Å². The smallest absolute Gasteiger partial charge is 0.256 e. The van der Waals surface area contributed by atoms with E-state index < -0.39 is 0 Å². The zero-order chi connectivity index (χ0) is 22.2. The number of anilines is 2. The SMILES string of the molecule is CCn1ncc2c(C(=O)Nc3ccc(N4CCCC4=O)c(Cl)c3)cc(-c3cccs3)nc21. The van der Waals surface area contributed by atoms with Crippen molar-refractivity contribution < 1.29 is 9.59 Å². The highest BCUT2D eigenvalue weighted by Gasteiger charge is 2.24. The second-order valence-corrected chi connectivity index (χ2v) is 8.85. The molecule has 1 N–H and O–H groups in total. The molecule has 3 aromatic heterocycles. The van der Waals surface area contributed by atoms with Crippen molar-refractivity contribution in [3.8, 4) is 10.6 Å². The third-order valence-corrected chi connectivity index (χ3v) is 6.69. The van der Waals surface area contributed by atoms with Crippen LogP contribution in [0.5, 0.6) is 0 Å². The second-order valence-electron chi connectivity index (χ2n) is 7.50. The molecule has 2 amide bonds. The molecule has 1 saturated heterocycles. The molecule has 4 aromatic rings. The number of carbonyl (C=O) groups is 2. The standard InChI is InChI=1S/C23H20ClN5O2S/c1-2-29-22-16(13-25-29)15(12-18(27-22)20-5-4-10-32-20)23(31)26-14-7-8-19(17(24)11-14)28-9-3-6-21(28)30/h4-5,7-8,10-13H,2-3,6,9H2,1H3,(H,26,31). The van der Waals surface area contributed by atoms with E-state index in [1.54, 1.807) is 51.4 Å². The Labute approximate surface area is 193 Å². The molecule has 162 valence electrons. The van der Waals surface area contributed by atoms with Gasteiger partial charge in [0.2, 0.25) is 5.91 Å². The molecule has 1 aromatic carbocycles. The van der Waals surface area contributed by atoms with Gasteiger partial charge in [-0.25, -0.2) is 9.67 Å². The Morgan fingerprint density at radius 3 is 2.84 bits per heavy atom. The third kappa shape index (κ3) is 3.65. The number of halogens is 1. The van der Waals surface area contributed by atoms with E-state index in [1.165, 1.54) is 0 Å². The van der Waals surface area contributed by atoms with Crippen molar-refractivity contribution in [1.82, 2.24) is 14.8 Å². The lowest BCUT2D eigenvalue weighted by molar-refractivity contribution is -0.117. The maximum atomic E-state index is 13.3. The Morgan fingerprint density at radius 1 is 1.28 bits per heavy atom.